The van der Waals surface area contributed by atoms with Crippen LogP contribution in [0.2, 0.25) is 0 Å². The number of hydrogen-bond acceptors (Lipinski definition) is 6. The van der Waals surface area contributed by atoms with E-state index >= 15 is 0 Å². The van der Waals surface area contributed by atoms with Gasteiger partial charge in [-0.15, -0.1) is 0 Å². The molecule has 71 heavy (non-hydrogen) atoms. The summed E-state index contributed by atoms with van der Waals surface area (Å²) in [5, 5.41) is 0. The predicted molar refractivity (Wildman–Crippen MR) is 307 cm³/mol. The van der Waals surface area contributed by atoms with Gasteiger partial charge in [-0.05, 0) is 116 Å². The summed E-state index contributed by atoms with van der Waals surface area (Å²) in [5.41, 5.74) is 0. The Hall–Kier alpha value is -3.93. The molecule has 0 fully saturated rings. The fourth-order valence-corrected chi connectivity index (χ4v) is 7.84. The summed E-state index contributed by atoms with van der Waals surface area (Å²) in [4.78, 5) is 38.2. The first kappa shape index (κ1) is 67.1. The second kappa shape index (κ2) is 58.6. The van der Waals surface area contributed by atoms with E-state index < -0.39 is 6.10 Å². The van der Waals surface area contributed by atoms with Gasteiger partial charge in [-0.3, -0.25) is 14.4 Å². The van der Waals surface area contributed by atoms with Crippen molar-refractivity contribution in [1.82, 2.24) is 0 Å². The molecule has 0 spiro atoms. The summed E-state index contributed by atoms with van der Waals surface area (Å²) < 4.78 is 16.8. The van der Waals surface area contributed by atoms with Crippen LogP contribution in [0.15, 0.2) is 109 Å². The molecule has 0 N–H and O–H groups in total. The monoisotopic (exact) mass is 985 g/mol. The molecule has 0 radical (unpaired) electrons. The van der Waals surface area contributed by atoms with Gasteiger partial charge in [0.25, 0.3) is 0 Å². The van der Waals surface area contributed by atoms with Crippen LogP contribution in [0.1, 0.15) is 265 Å². The number of unbranched alkanes of at least 4 members (excludes halogenated alkanes) is 23. The molecule has 0 aliphatic carbocycles. The van der Waals surface area contributed by atoms with Crippen LogP contribution in [0.3, 0.4) is 0 Å². The molecule has 0 saturated heterocycles. The lowest BCUT2D eigenvalue weighted by molar-refractivity contribution is -0.167. The van der Waals surface area contributed by atoms with E-state index in [0.717, 1.165) is 77.0 Å². The fourth-order valence-electron chi connectivity index (χ4n) is 7.84. The molecule has 0 amide bonds. The van der Waals surface area contributed by atoms with Crippen LogP contribution < -0.4 is 0 Å². The smallest absolute Gasteiger partial charge is 0.306 e. The Morgan fingerprint density at radius 3 is 0.930 bits per heavy atom. The van der Waals surface area contributed by atoms with Crippen molar-refractivity contribution in [3.8, 4) is 0 Å². The third-order valence-corrected chi connectivity index (χ3v) is 12.2. The van der Waals surface area contributed by atoms with Crippen molar-refractivity contribution in [3.05, 3.63) is 109 Å². The van der Waals surface area contributed by atoms with Crippen molar-refractivity contribution in [2.24, 2.45) is 0 Å². The predicted octanol–water partition coefficient (Wildman–Crippen LogP) is 19.9. The van der Waals surface area contributed by atoms with Crippen LogP contribution in [0.5, 0.6) is 0 Å². The highest BCUT2D eigenvalue weighted by Crippen LogP contribution is 2.14. The maximum atomic E-state index is 12.8. The Bertz CT molecular complexity index is 1460. The Morgan fingerprint density at radius 2 is 0.563 bits per heavy atom. The molecule has 404 valence electrons. The van der Waals surface area contributed by atoms with Crippen molar-refractivity contribution in [3.63, 3.8) is 0 Å². The first-order valence-electron chi connectivity index (χ1n) is 29.4. The Morgan fingerprint density at radius 1 is 0.296 bits per heavy atom. The summed E-state index contributed by atoms with van der Waals surface area (Å²) in [6.07, 6.45) is 79.5. The van der Waals surface area contributed by atoms with Gasteiger partial charge in [0.15, 0.2) is 6.10 Å². The number of carbonyl (C=O) groups excluding carboxylic acids is 3. The summed E-state index contributed by atoms with van der Waals surface area (Å²) in [6, 6.07) is 0. The van der Waals surface area contributed by atoms with Crippen molar-refractivity contribution in [1.29, 1.82) is 0 Å². The molecule has 0 aromatic rings. The van der Waals surface area contributed by atoms with Gasteiger partial charge in [0.1, 0.15) is 13.2 Å². The summed E-state index contributed by atoms with van der Waals surface area (Å²) >= 11 is 0. The van der Waals surface area contributed by atoms with Gasteiger partial charge in [0, 0.05) is 19.3 Å². The molecule has 6 nitrogen and oxygen atoms in total. The molecule has 0 aromatic carbocycles. The first-order valence-corrected chi connectivity index (χ1v) is 29.4. The molecule has 0 saturated carbocycles. The molecular weight excluding hydrogens is 877 g/mol. The highest BCUT2D eigenvalue weighted by Gasteiger charge is 2.19. The third-order valence-electron chi connectivity index (χ3n) is 12.2. The zero-order chi connectivity index (χ0) is 51.4. The average Bonchev–Trinajstić information content (AvgIpc) is 3.37. The van der Waals surface area contributed by atoms with Crippen LogP contribution in [0.25, 0.3) is 0 Å². The van der Waals surface area contributed by atoms with Crippen LogP contribution >= 0.6 is 0 Å². The molecule has 0 rings (SSSR count). The SMILES string of the molecule is CC/C=C\C/C=C\C/C=C\C/C=C\C/C=C\CCCC(=O)OC(COC(=O)CCC/C=C\C/C=C\C/C=C\CCCCCCCC)COC(=O)CCCCCCCCC/C=C\CCCCCCCCCC. The molecule has 6 heteroatoms. The Kier molecular flexibility index (Phi) is 55.4. The van der Waals surface area contributed by atoms with Crippen LogP contribution in [0, 0.1) is 0 Å². The van der Waals surface area contributed by atoms with E-state index in [1.165, 1.54) is 135 Å². The molecule has 0 aliphatic rings. The second-order valence-corrected chi connectivity index (χ2v) is 19.2. The molecule has 0 heterocycles. The number of ether oxygens (including phenoxy) is 3. The fraction of sp³-hybridized carbons (Fsp3) is 0.677. The molecule has 1 atom stereocenters. The van der Waals surface area contributed by atoms with E-state index in [4.69, 9.17) is 14.2 Å². The van der Waals surface area contributed by atoms with Gasteiger partial charge in [-0.25, -0.2) is 0 Å². The maximum absolute atomic E-state index is 12.8. The van der Waals surface area contributed by atoms with Gasteiger partial charge in [0.05, 0.1) is 0 Å². The largest absolute Gasteiger partial charge is 0.462 e. The van der Waals surface area contributed by atoms with E-state index in [1.54, 1.807) is 0 Å². The van der Waals surface area contributed by atoms with E-state index in [9.17, 15) is 14.4 Å². The minimum absolute atomic E-state index is 0.120. The van der Waals surface area contributed by atoms with Gasteiger partial charge in [-0.1, -0.05) is 239 Å². The van der Waals surface area contributed by atoms with E-state index in [1.807, 2.05) is 0 Å². The summed E-state index contributed by atoms with van der Waals surface area (Å²) in [7, 11) is 0. The number of carbonyl (C=O) groups is 3. The number of allylic oxidation sites excluding steroid dienone is 18. The quantitative estimate of drug-likeness (QED) is 0.0261. The molecular formula is C65H108O6. The minimum Gasteiger partial charge on any atom is -0.462 e. The van der Waals surface area contributed by atoms with Crippen LogP contribution in [0.4, 0.5) is 0 Å². The summed E-state index contributed by atoms with van der Waals surface area (Å²) in [5.74, 6) is -1.04. The van der Waals surface area contributed by atoms with E-state index in [0.29, 0.717) is 19.3 Å². The normalized spacial score (nSPS) is 12.9. The van der Waals surface area contributed by atoms with Crippen molar-refractivity contribution in [2.75, 3.05) is 13.2 Å². The zero-order valence-corrected chi connectivity index (χ0v) is 46.2. The lowest BCUT2D eigenvalue weighted by Gasteiger charge is -2.18. The van der Waals surface area contributed by atoms with Gasteiger partial charge >= 0.3 is 17.9 Å². The highest BCUT2D eigenvalue weighted by molar-refractivity contribution is 5.71. The van der Waals surface area contributed by atoms with Crippen molar-refractivity contribution < 1.29 is 28.6 Å². The number of esters is 3. The van der Waals surface area contributed by atoms with Gasteiger partial charge in [0.2, 0.25) is 0 Å². The van der Waals surface area contributed by atoms with Crippen molar-refractivity contribution in [2.45, 2.75) is 271 Å². The third kappa shape index (κ3) is 56.9. The van der Waals surface area contributed by atoms with Crippen molar-refractivity contribution >= 4 is 17.9 Å². The minimum atomic E-state index is -0.832. The lowest BCUT2D eigenvalue weighted by Crippen LogP contribution is -2.30. The number of rotatable bonds is 52. The summed E-state index contributed by atoms with van der Waals surface area (Å²) in [6.45, 7) is 6.43. The lowest BCUT2D eigenvalue weighted by atomic mass is 10.1. The first-order chi connectivity index (χ1) is 35.0. The van der Waals surface area contributed by atoms with Crippen LogP contribution in [-0.4, -0.2) is 37.2 Å². The second-order valence-electron chi connectivity index (χ2n) is 19.2. The zero-order valence-electron chi connectivity index (χ0n) is 46.2. The van der Waals surface area contributed by atoms with E-state index in [2.05, 4.69) is 130 Å². The van der Waals surface area contributed by atoms with E-state index in [-0.39, 0.29) is 44.0 Å². The topological polar surface area (TPSA) is 78.9 Å². The Labute approximate surface area is 438 Å². The van der Waals surface area contributed by atoms with Crippen LogP contribution in [-0.2, 0) is 28.6 Å². The molecule has 0 aromatic heterocycles. The maximum Gasteiger partial charge on any atom is 0.306 e. The molecule has 0 aliphatic heterocycles. The van der Waals surface area contributed by atoms with Gasteiger partial charge in [-0.2, -0.15) is 0 Å². The molecule has 1 unspecified atom stereocenters. The average molecular weight is 986 g/mol. The Balaban J connectivity index is 4.54. The number of hydrogen-bond donors (Lipinski definition) is 0. The standard InChI is InChI=1S/C65H108O6/c1-4-7-10-13-16-19-22-25-28-31-32-35-37-40-43-46-49-52-55-58-64(67)70-61-62(71-65(68)59-56-53-50-47-44-41-38-34-30-27-24-21-18-15-12-9-6-3)60-69-63(66)57-54-51-48-45-42-39-36-33-29-26-23-20-17-14-11-8-5-2/h9,12,18,21,26-27,29-32,36,38-39,41,45,47-48,50,62H,4-8,10-11,13-17,19-20,22-25,28,33-35,37,40,42-44,46,49,51-61H2,1-3H3/b12-9-,21-18-,29-26-,30-27-,32-31-,39-36-,41-38-,48-45-,50-47-. The molecule has 0 bridgehead atoms. The highest BCUT2D eigenvalue weighted by atomic mass is 16.6. The van der Waals surface area contributed by atoms with Gasteiger partial charge < -0.3 is 14.2 Å².